The molecule has 0 aliphatic heterocycles. The predicted molar refractivity (Wildman–Crippen MR) is 66.2 cm³/mol. The first-order valence-corrected chi connectivity index (χ1v) is 5.85. The van der Waals surface area contributed by atoms with Crippen LogP contribution in [0.3, 0.4) is 0 Å². The molecule has 0 aliphatic carbocycles. The van der Waals surface area contributed by atoms with Gasteiger partial charge in [-0.15, -0.1) is 0 Å². The number of phenols is 1. The Bertz CT molecular complexity index is 344. The summed E-state index contributed by atoms with van der Waals surface area (Å²) in [5.74, 6) is -0.207. The SMILES string of the molecule is CCN(CC)CCOC(=O)c1ccc(O)cc1. The number of benzene rings is 1. The number of phenolic OH excluding ortho intramolecular Hbond substituents is 1. The highest BCUT2D eigenvalue weighted by Gasteiger charge is 2.07. The Morgan fingerprint density at radius 2 is 1.82 bits per heavy atom. The molecule has 0 saturated carbocycles. The van der Waals surface area contributed by atoms with Crippen molar-refractivity contribution in [1.82, 2.24) is 4.90 Å². The van der Waals surface area contributed by atoms with Crippen LogP contribution in [0.5, 0.6) is 5.75 Å². The first kappa shape index (κ1) is 13.5. The lowest BCUT2D eigenvalue weighted by molar-refractivity contribution is 0.0466. The molecule has 0 radical (unpaired) electrons. The highest BCUT2D eigenvalue weighted by Crippen LogP contribution is 2.10. The molecule has 0 aliphatic rings. The number of hydrogen-bond acceptors (Lipinski definition) is 4. The summed E-state index contributed by atoms with van der Waals surface area (Å²) in [7, 11) is 0. The Labute approximate surface area is 102 Å². The average Bonchev–Trinajstić information content (AvgIpc) is 2.35. The van der Waals surface area contributed by atoms with Crippen molar-refractivity contribution < 1.29 is 14.6 Å². The van der Waals surface area contributed by atoms with Crippen LogP contribution in [-0.2, 0) is 4.74 Å². The van der Waals surface area contributed by atoms with Crippen LogP contribution in [0.1, 0.15) is 24.2 Å². The van der Waals surface area contributed by atoms with Crippen LogP contribution in [-0.4, -0.2) is 42.2 Å². The number of carbonyl (C=O) groups excluding carboxylic acids is 1. The van der Waals surface area contributed by atoms with Gasteiger partial charge in [-0.05, 0) is 37.4 Å². The number of aromatic hydroxyl groups is 1. The molecule has 0 amide bonds. The van der Waals surface area contributed by atoms with Gasteiger partial charge in [0.2, 0.25) is 0 Å². The van der Waals surface area contributed by atoms with Crippen molar-refractivity contribution >= 4 is 5.97 Å². The van der Waals surface area contributed by atoms with Gasteiger partial charge >= 0.3 is 5.97 Å². The molecule has 0 bridgehead atoms. The molecular formula is C13H19NO3. The monoisotopic (exact) mass is 237 g/mol. The van der Waals surface area contributed by atoms with Gasteiger partial charge in [0.15, 0.2) is 0 Å². The van der Waals surface area contributed by atoms with E-state index < -0.39 is 0 Å². The van der Waals surface area contributed by atoms with Crippen LogP contribution < -0.4 is 0 Å². The van der Waals surface area contributed by atoms with Gasteiger partial charge in [-0.2, -0.15) is 0 Å². The fourth-order valence-corrected chi connectivity index (χ4v) is 1.49. The fourth-order valence-electron chi connectivity index (χ4n) is 1.49. The third-order valence-corrected chi connectivity index (χ3v) is 2.64. The van der Waals surface area contributed by atoms with E-state index in [2.05, 4.69) is 18.7 Å². The van der Waals surface area contributed by atoms with E-state index in [9.17, 15) is 4.79 Å². The standard InChI is InChI=1S/C13H19NO3/c1-3-14(4-2)9-10-17-13(16)11-5-7-12(15)8-6-11/h5-8,15H,3-4,9-10H2,1-2H3. The van der Waals surface area contributed by atoms with Crippen LogP contribution in [0.15, 0.2) is 24.3 Å². The molecule has 0 atom stereocenters. The first-order valence-electron chi connectivity index (χ1n) is 5.85. The zero-order chi connectivity index (χ0) is 12.7. The lowest BCUT2D eigenvalue weighted by Gasteiger charge is -2.17. The number of rotatable bonds is 6. The van der Waals surface area contributed by atoms with Crippen LogP contribution in [0.2, 0.25) is 0 Å². The molecule has 1 aromatic carbocycles. The van der Waals surface area contributed by atoms with Crippen molar-refractivity contribution in [3.8, 4) is 5.75 Å². The summed E-state index contributed by atoms with van der Waals surface area (Å²) >= 11 is 0. The van der Waals surface area contributed by atoms with Crippen molar-refractivity contribution in [3.05, 3.63) is 29.8 Å². The summed E-state index contributed by atoms with van der Waals surface area (Å²) in [5.41, 5.74) is 0.461. The van der Waals surface area contributed by atoms with Crippen LogP contribution in [0.4, 0.5) is 0 Å². The van der Waals surface area contributed by atoms with E-state index in [0.717, 1.165) is 19.6 Å². The van der Waals surface area contributed by atoms with Gasteiger partial charge in [0.05, 0.1) is 5.56 Å². The second-order valence-electron chi connectivity index (χ2n) is 3.71. The largest absolute Gasteiger partial charge is 0.508 e. The smallest absolute Gasteiger partial charge is 0.338 e. The summed E-state index contributed by atoms with van der Waals surface area (Å²) in [5, 5.41) is 9.09. The van der Waals surface area contributed by atoms with E-state index in [1.807, 2.05) is 0 Å². The second kappa shape index (κ2) is 6.91. The van der Waals surface area contributed by atoms with Gasteiger partial charge < -0.3 is 14.7 Å². The third-order valence-electron chi connectivity index (χ3n) is 2.64. The van der Waals surface area contributed by atoms with Gasteiger partial charge in [0.1, 0.15) is 12.4 Å². The highest BCUT2D eigenvalue weighted by atomic mass is 16.5. The van der Waals surface area contributed by atoms with E-state index in [0.29, 0.717) is 12.2 Å². The van der Waals surface area contributed by atoms with Gasteiger partial charge in [0.25, 0.3) is 0 Å². The highest BCUT2D eigenvalue weighted by molar-refractivity contribution is 5.89. The minimum Gasteiger partial charge on any atom is -0.508 e. The van der Waals surface area contributed by atoms with E-state index in [1.165, 1.54) is 12.1 Å². The van der Waals surface area contributed by atoms with Gasteiger partial charge in [-0.25, -0.2) is 4.79 Å². The summed E-state index contributed by atoms with van der Waals surface area (Å²) in [6.07, 6.45) is 0. The number of hydrogen-bond donors (Lipinski definition) is 1. The van der Waals surface area contributed by atoms with E-state index >= 15 is 0 Å². The normalized spacial score (nSPS) is 10.5. The molecule has 0 spiro atoms. The third kappa shape index (κ3) is 4.44. The summed E-state index contributed by atoms with van der Waals surface area (Å²) in [6.45, 7) is 7.19. The maximum absolute atomic E-state index is 11.6. The van der Waals surface area contributed by atoms with Crippen molar-refractivity contribution in [1.29, 1.82) is 0 Å². The van der Waals surface area contributed by atoms with E-state index in [-0.39, 0.29) is 11.7 Å². The molecule has 94 valence electrons. The average molecular weight is 237 g/mol. The molecule has 0 unspecified atom stereocenters. The molecule has 0 heterocycles. The molecule has 4 nitrogen and oxygen atoms in total. The number of ether oxygens (including phenoxy) is 1. The second-order valence-corrected chi connectivity index (χ2v) is 3.71. The van der Waals surface area contributed by atoms with E-state index in [1.54, 1.807) is 12.1 Å². The molecule has 0 saturated heterocycles. The molecular weight excluding hydrogens is 218 g/mol. The van der Waals surface area contributed by atoms with E-state index in [4.69, 9.17) is 9.84 Å². The zero-order valence-corrected chi connectivity index (χ0v) is 10.3. The number of carbonyl (C=O) groups is 1. The Morgan fingerprint density at radius 1 is 1.24 bits per heavy atom. The Hall–Kier alpha value is -1.55. The zero-order valence-electron chi connectivity index (χ0n) is 10.3. The maximum atomic E-state index is 11.6. The van der Waals surface area contributed by atoms with Crippen LogP contribution in [0.25, 0.3) is 0 Å². The van der Waals surface area contributed by atoms with Crippen molar-refractivity contribution in [2.75, 3.05) is 26.2 Å². The Kier molecular flexibility index (Phi) is 5.49. The lowest BCUT2D eigenvalue weighted by Crippen LogP contribution is -2.27. The number of esters is 1. The topological polar surface area (TPSA) is 49.8 Å². The Morgan fingerprint density at radius 3 is 2.35 bits per heavy atom. The molecule has 0 aromatic heterocycles. The summed E-state index contributed by atoms with van der Waals surface area (Å²) in [6, 6.07) is 6.05. The summed E-state index contributed by atoms with van der Waals surface area (Å²) < 4.78 is 5.14. The predicted octanol–water partition coefficient (Wildman–Crippen LogP) is 1.89. The van der Waals surface area contributed by atoms with Gasteiger partial charge in [-0.1, -0.05) is 13.8 Å². The molecule has 1 aromatic rings. The molecule has 1 rings (SSSR count). The quantitative estimate of drug-likeness (QED) is 0.768. The number of likely N-dealkylation sites (N-methyl/N-ethyl adjacent to an activating group) is 1. The fraction of sp³-hybridized carbons (Fsp3) is 0.462. The Balaban J connectivity index is 2.37. The van der Waals surface area contributed by atoms with Gasteiger partial charge in [0, 0.05) is 6.54 Å². The minimum absolute atomic E-state index is 0.143. The number of nitrogens with zero attached hydrogens (tertiary/aromatic N) is 1. The first-order chi connectivity index (χ1) is 8.17. The van der Waals surface area contributed by atoms with Crippen LogP contribution >= 0.6 is 0 Å². The molecule has 17 heavy (non-hydrogen) atoms. The van der Waals surface area contributed by atoms with Gasteiger partial charge in [-0.3, -0.25) is 0 Å². The molecule has 0 fully saturated rings. The maximum Gasteiger partial charge on any atom is 0.338 e. The lowest BCUT2D eigenvalue weighted by atomic mass is 10.2. The van der Waals surface area contributed by atoms with Crippen LogP contribution in [0, 0.1) is 0 Å². The van der Waals surface area contributed by atoms with Crippen molar-refractivity contribution in [2.24, 2.45) is 0 Å². The molecule has 1 N–H and O–H groups in total. The van der Waals surface area contributed by atoms with Crippen molar-refractivity contribution in [3.63, 3.8) is 0 Å². The summed E-state index contributed by atoms with van der Waals surface area (Å²) in [4.78, 5) is 13.8. The van der Waals surface area contributed by atoms with Crippen molar-refractivity contribution in [2.45, 2.75) is 13.8 Å². The minimum atomic E-state index is -0.350. The molecule has 4 heteroatoms.